The molecule has 19 heavy (non-hydrogen) atoms. The number of hydrogen-bond acceptors (Lipinski definition) is 3. The molecule has 1 N–H and O–H groups in total. The fraction of sp³-hybridized carbons (Fsp3) is 0.400. The number of rotatable bonds is 6. The van der Waals surface area contributed by atoms with E-state index in [2.05, 4.69) is 39.2 Å². The lowest BCUT2D eigenvalue weighted by atomic mass is 10.1. The van der Waals surface area contributed by atoms with Gasteiger partial charge in [-0.05, 0) is 18.6 Å². The topological polar surface area (TPSA) is 34.1 Å². The quantitative estimate of drug-likeness (QED) is 0.864. The van der Waals surface area contributed by atoms with Gasteiger partial charge in [-0.3, -0.25) is 0 Å². The molecule has 1 atom stereocenters. The molecule has 0 aliphatic heterocycles. The molecule has 0 saturated heterocycles. The Balaban J connectivity index is 2.31. The second-order valence-electron chi connectivity index (χ2n) is 4.58. The third-order valence-electron chi connectivity index (χ3n) is 3.10. The number of fused-ring (bicyclic) bond motifs is 1. The number of benzene rings is 1. The number of aromatic nitrogens is 1. The molecule has 0 bridgehead atoms. The van der Waals surface area contributed by atoms with E-state index in [-0.39, 0.29) is 0 Å². The largest absolute Gasteiger partial charge is 0.383 e. The maximum absolute atomic E-state index is 5.26. The fourth-order valence-electron chi connectivity index (χ4n) is 2.22. The molecule has 0 aliphatic rings. The van der Waals surface area contributed by atoms with Crippen LogP contribution in [0.5, 0.6) is 0 Å². The van der Waals surface area contributed by atoms with Gasteiger partial charge in [-0.1, -0.05) is 41.4 Å². The average molecular weight is 323 g/mol. The molecule has 2 rings (SSSR count). The summed E-state index contributed by atoms with van der Waals surface area (Å²) >= 11 is 3.58. The van der Waals surface area contributed by atoms with Crippen LogP contribution in [0.15, 0.2) is 34.9 Å². The van der Waals surface area contributed by atoms with E-state index < -0.39 is 0 Å². The summed E-state index contributed by atoms with van der Waals surface area (Å²) in [5.41, 5.74) is 0. The standard InChI is InChI=1S/C15H19BrN2O/c1-3-5-11(10-19-2)18-15-13-6-4-7-14(16)12(13)8-9-17-15/h4,6-9,11H,3,5,10H2,1-2H3,(H,17,18). The summed E-state index contributed by atoms with van der Waals surface area (Å²) in [6.07, 6.45) is 4.03. The van der Waals surface area contributed by atoms with Crippen molar-refractivity contribution in [1.82, 2.24) is 4.98 Å². The molecular formula is C15H19BrN2O. The van der Waals surface area contributed by atoms with Crippen molar-refractivity contribution in [1.29, 1.82) is 0 Å². The number of pyridine rings is 1. The van der Waals surface area contributed by atoms with Crippen LogP contribution < -0.4 is 5.32 Å². The second kappa shape index (κ2) is 6.87. The van der Waals surface area contributed by atoms with Gasteiger partial charge in [0.1, 0.15) is 5.82 Å². The first-order valence-electron chi connectivity index (χ1n) is 6.55. The van der Waals surface area contributed by atoms with Crippen molar-refractivity contribution in [3.63, 3.8) is 0 Å². The van der Waals surface area contributed by atoms with E-state index in [0.29, 0.717) is 12.6 Å². The van der Waals surface area contributed by atoms with Crippen molar-refractivity contribution in [2.24, 2.45) is 0 Å². The zero-order valence-corrected chi connectivity index (χ0v) is 12.9. The molecular weight excluding hydrogens is 304 g/mol. The van der Waals surface area contributed by atoms with Gasteiger partial charge in [0.25, 0.3) is 0 Å². The lowest BCUT2D eigenvalue weighted by Crippen LogP contribution is -2.25. The first kappa shape index (κ1) is 14.3. The highest BCUT2D eigenvalue weighted by molar-refractivity contribution is 9.10. The summed E-state index contributed by atoms with van der Waals surface area (Å²) in [6, 6.07) is 8.49. The predicted molar refractivity (Wildman–Crippen MR) is 83.6 cm³/mol. The molecule has 0 fully saturated rings. The number of halogens is 1. The molecule has 0 radical (unpaired) electrons. The Hall–Kier alpha value is -1.13. The number of nitrogens with zero attached hydrogens (tertiary/aromatic N) is 1. The summed E-state index contributed by atoms with van der Waals surface area (Å²) in [4.78, 5) is 4.46. The van der Waals surface area contributed by atoms with Crippen molar-refractivity contribution in [2.75, 3.05) is 19.0 Å². The van der Waals surface area contributed by atoms with Crippen molar-refractivity contribution in [3.8, 4) is 0 Å². The van der Waals surface area contributed by atoms with Crippen LogP contribution in [0.2, 0.25) is 0 Å². The minimum atomic E-state index is 0.298. The van der Waals surface area contributed by atoms with Crippen LogP contribution in [0, 0.1) is 0 Å². The van der Waals surface area contributed by atoms with E-state index in [0.717, 1.165) is 28.5 Å². The minimum Gasteiger partial charge on any atom is -0.383 e. The van der Waals surface area contributed by atoms with Crippen LogP contribution in [-0.4, -0.2) is 24.7 Å². The SMILES string of the molecule is CCCC(COC)Nc1nccc2c(Br)cccc12. The number of hydrogen-bond donors (Lipinski definition) is 1. The van der Waals surface area contributed by atoms with E-state index >= 15 is 0 Å². The maximum atomic E-state index is 5.26. The highest BCUT2D eigenvalue weighted by atomic mass is 79.9. The monoisotopic (exact) mass is 322 g/mol. The first-order valence-corrected chi connectivity index (χ1v) is 7.34. The van der Waals surface area contributed by atoms with Crippen LogP contribution in [-0.2, 0) is 4.74 Å². The lowest BCUT2D eigenvalue weighted by Gasteiger charge is -2.19. The second-order valence-corrected chi connectivity index (χ2v) is 5.43. The number of anilines is 1. The van der Waals surface area contributed by atoms with Gasteiger partial charge in [0.2, 0.25) is 0 Å². The Labute approximate surface area is 122 Å². The molecule has 2 aromatic rings. The van der Waals surface area contributed by atoms with E-state index in [9.17, 15) is 0 Å². The molecule has 0 aliphatic carbocycles. The zero-order chi connectivity index (χ0) is 13.7. The lowest BCUT2D eigenvalue weighted by molar-refractivity contribution is 0.182. The van der Waals surface area contributed by atoms with E-state index in [1.54, 1.807) is 7.11 Å². The summed E-state index contributed by atoms with van der Waals surface area (Å²) < 4.78 is 6.36. The first-order chi connectivity index (χ1) is 9.26. The number of ether oxygens (including phenoxy) is 1. The predicted octanol–water partition coefficient (Wildman–Crippen LogP) is 4.22. The van der Waals surface area contributed by atoms with E-state index in [4.69, 9.17) is 4.74 Å². The highest BCUT2D eigenvalue weighted by Crippen LogP contribution is 2.28. The Kier molecular flexibility index (Phi) is 5.16. The van der Waals surface area contributed by atoms with Gasteiger partial charge in [-0.15, -0.1) is 0 Å². The number of nitrogens with one attached hydrogen (secondary N) is 1. The molecule has 4 heteroatoms. The summed E-state index contributed by atoms with van der Waals surface area (Å²) in [6.45, 7) is 2.87. The Morgan fingerprint density at radius 2 is 2.16 bits per heavy atom. The summed E-state index contributed by atoms with van der Waals surface area (Å²) in [7, 11) is 1.73. The van der Waals surface area contributed by atoms with E-state index in [1.165, 1.54) is 5.39 Å². The highest BCUT2D eigenvalue weighted by Gasteiger charge is 2.10. The van der Waals surface area contributed by atoms with Gasteiger partial charge >= 0.3 is 0 Å². The summed E-state index contributed by atoms with van der Waals surface area (Å²) in [5.74, 6) is 0.925. The van der Waals surface area contributed by atoms with Gasteiger partial charge in [0, 0.05) is 28.6 Å². The van der Waals surface area contributed by atoms with Gasteiger partial charge < -0.3 is 10.1 Å². The third-order valence-corrected chi connectivity index (χ3v) is 3.79. The van der Waals surface area contributed by atoms with Crippen LogP contribution in [0.4, 0.5) is 5.82 Å². The molecule has 0 amide bonds. The van der Waals surface area contributed by atoms with Crippen LogP contribution >= 0.6 is 15.9 Å². The molecule has 0 spiro atoms. The zero-order valence-electron chi connectivity index (χ0n) is 11.3. The average Bonchev–Trinajstić information content (AvgIpc) is 2.40. The molecule has 1 heterocycles. The van der Waals surface area contributed by atoms with E-state index in [1.807, 2.05) is 24.4 Å². The Morgan fingerprint density at radius 1 is 1.32 bits per heavy atom. The fourth-order valence-corrected chi connectivity index (χ4v) is 2.72. The molecule has 1 aromatic carbocycles. The molecule has 0 saturated carbocycles. The third kappa shape index (κ3) is 3.45. The van der Waals surface area contributed by atoms with Crippen LogP contribution in [0.25, 0.3) is 10.8 Å². The van der Waals surface area contributed by atoms with Crippen molar-refractivity contribution >= 4 is 32.5 Å². The smallest absolute Gasteiger partial charge is 0.134 e. The molecule has 1 aromatic heterocycles. The van der Waals surface area contributed by atoms with Gasteiger partial charge in [-0.25, -0.2) is 4.98 Å². The number of methoxy groups -OCH3 is 1. The minimum absolute atomic E-state index is 0.298. The van der Waals surface area contributed by atoms with Gasteiger partial charge in [0.05, 0.1) is 12.6 Å². The normalized spacial score (nSPS) is 12.6. The Morgan fingerprint density at radius 3 is 2.89 bits per heavy atom. The molecule has 102 valence electrons. The molecule has 3 nitrogen and oxygen atoms in total. The summed E-state index contributed by atoms with van der Waals surface area (Å²) in [5, 5.41) is 5.80. The maximum Gasteiger partial charge on any atom is 0.134 e. The van der Waals surface area contributed by atoms with Gasteiger partial charge in [0.15, 0.2) is 0 Å². The van der Waals surface area contributed by atoms with Crippen molar-refractivity contribution < 1.29 is 4.74 Å². The van der Waals surface area contributed by atoms with Crippen molar-refractivity contribution in [3.05, 3.63) is 34.9 Å². The van der Waals surface area contributed by atoms with Crippen molar-refractivity contribution in [2.45, 2.75) is 25.8 Å². The van der Waals surface area contributed by atoms with Crippen LogP contribution in [0.1, 0.15) is 19.8 Å². The molecule has 1 unspecified atom stereocenters. The van der Waals surface area contributed by atoms with Crippen LogP contribution in [0.3, 0.4) is 0 Å². The van der Waals surface area contributed by atoms with Gasteiger partial charge in [-0.2, -0.15) is 0 Å². The Bertz CT molecular complexity index is 539.